The van der Waals surface area contributed by atoms with Crippen LogP contribution >= 0.6 is 0 Å². The molecule has 0 heterocycles. The molecule has 0 rings (SSSR count). The van der Waals surface area contributed by atoms with Gasteiger partial charge in [-0.25, -0.2) is 0 Å². The zero-order valence-corrected chi connectivity index (χ0v) is 39.5. The largest absolute Gasteiger partial charge is 0.462 e. The monoisotopic (exact) mass is 839 g/mol. The van der Waals surface area contributed by atoms with Gasteiger partial charge >= 0.3 is 17.9 Å². The van der Waals surface area contributed by atoms with Crippen molar-refractivity contribution in [3.05, 3.63) is 60.8 Å². The fraction of sp³-hybridized carbons (Fsp3) is 0.759. The quantitative estimate of drug-likeness (QED) is 0.0263. The maximum atomic E-state index is 12.8. The van der Waals surface area contributed by atoms with Gasteiger partial charge in [-0.1, -0.05) is 236 Å². The molecule has 0 bridgehead atoms. The van der Waals surface area contributed by atoms with Gasteiger partial charge in [0.05, 0.1) is 0 Å². The van der Waals surface area contributed by atoms with Crippen LogP contribution in [-0.4, -0.2) is 37.2 Å². The van der Waals surface area contributed by atoms with E-state index in [0.717, 1.165) is 70.6 Å². The minimum atomic E-state index is -0.798. The van der Waals surface area contributed by atoms with Crippen LogP contribution in [0.5, 0.6) is 0 Å². The lowest BCUT2D eigenvalue weighted by Gasteiger charge is -2.18. The summed E-state index contributed by atoms with van der Waals surface area (Å²) in [6.45, 7) is 6.46. The second-order valence-electron chi connectivity index (χ2n) is 16.7. The molecule has 0 aromatic heterocycles. The van der Waals surface area contributed by atoms with E-state index < -0.39 is 6.10 Å². The molecule has 0 amide bonds. The van der Waals surface area contributed by atoms with E-state index in [1.807, 2.05) is 6.08 Å². The highest BCUT2D eigenvalue weighted by atomic mass is 16.6. The summed E-state index contributed by atoms with van der Waals surface area (Å²) in [5.74, 6) is -0.975. The Labute approximate surface area is 370 Å². The lowest BCUT2D eigenvalue weighted by atomic mass is 10.0. The first-order valence-corrected chi connectivity index (χ1v) is 25.3. The molecule has 6 heteroatoms. The number of unbranched alkanes of at least 4 members (excludes halogenated alkanes) is 24. The Morgan fingerprint density at radius 1 is 0.350 bits per heavy atom. The van der Waals surface area contributed by atoms with Gasteiger partial charge in [-0.15, -0.1) is 0 Å². The first-order valence-electron chi connectivity index (χ1n) is 25.3. The fourth-order valence-electron chi connectivity index (χ4n) is 7.02. The van der Waals surface area contributed by atoms with Gasteiger partial charge in [0.25, 0.3) is 0 Å². The van der Waals surface area contributed by atoms with E-state index in [0.29, 0.717) is 19.3 Å². The molecule has 0 saturated heterocycles. The van der Waals surface area contributed by atoms with Crippen molar-refractivity contribution >= 4 is 17.9 Å². The standard InChI is InChI=1S/C54H94O6/c1-4-7-10-13-16-19-22-25-26-27-30-32-35-38-41-44-47-53(56)59-50-51(60-54(57)48-45-42-39-36-33-29-24-21-18-15-12-9-6-3)49-58-52(55)46-43-40-37-34-31-28-23-20-17-14-11-8-5-2/h7,10,16,19,25-26,30,32,38,41,51H,4-6,8-9,11-15,17-18,20-24,27-29,31,33-37,39-40,42-50H2,1-3H3/b10-7-,19-16-,26-25-,32-30-,41-38-. The number of esters is 3. The molecular formula is C54H94O6. The highest BCUT2D eigenvalue weighted by molar-refractivity contribution is 5.71. The Bertz CT molecular complexity index is 1100. The average Bonchev–Trinajstić information content (AvgIpc) is 3.24. The molecule has 346 valence electrons. The number of allylic oxidation sites excluding steroid dienone is 10. The van der Waals surface area contributed by atoms with Crippen molar-refractivity contribution in [1.82, 2.24) is 0 Å². The zero-order chi connectivity index (χ0) is 43.7. The molecule has 0 aliphatic heterocycles. The highest BCUT2D eigenvalue weighted by Gasteiger charge is 2.19. The Morgan fingerprint density at radius 2 is 0.650 bits per heavy atom. The number of rotatable bonds is 45. The molecule has 0 aromatic rings. The van der Waals surface area contributed by atoms with Gasteiger partial charge in [-0.3, -0.25) is 14.4 Å². The molecule has 0 N–H and O–H groups in total. The normalized spacial score (nSPS) is 12.5. The Hall–Kier alpha value is -2.89. The van der Waals surface area contributed by atoms with Crippen molar-refractivity contribution in [2.45, 2.75) is 252 Å². The predicted octanol–water partition coefficient (Wildman–Crippen LogP) is 16.5. The smallest absolute Gasteiger partial charge is 0.306 e. The topological polar surface area (TPSA) is 78.9 Å². The Kier molecular flexibility index (Phi) is 46.4. The van der Waals surface area contributed by atoms with Gasteiger partial charge in [0.15, 0.2) is 6.10 Å². The summed E-state index contributed by atoms with van der Waals surface area (Å²) in [4.78, 5) is 37.9. The summed E-state index contributed by atoms with van der Waals surface area (Å²) in [7, 11) is 0. The summed E-state index contributed by atoms with van der Waals surface area (Å²) in [5, 5.41) is 0. The molecule has 0 saturated carbocycles. The van der Waals surface area contributed by atoms with Crippen LogP contribution in [0, 0.1) is 0 Å². The van der Waals surface area contributed by atoms with Crippen LogP contribution in [-0.2, 0) is 28.6 Å². The molecule has 6 nitrogen and oxygen atoms in total. The number of carbonyl (C=O) groups is 3. The molecule has 0 radical (unpaired) electrons. The molecular weight excluding hydrogens is 745 g/mol. The van der Waals surface area contributed by atoms with Gasteiger partial charge in [0, 0.05) is 19.3 Å². The number of ether oxygens (including phenoxy) is 3. The summed E-state index contributed by atoms with van der Waals surface area (Å²) in [6, 6.07) is 0. The van der Waals surface area contributed by atoms with Crippen LogP contribution in [0.3, 0.4) is 0 Å². The molecule has 0 aliphatic rings. The molecule has 1 unspecified atom stereocenters. The Balaban J connectivity index is 4.46. The maximum Gasteiger partial charge on any atom is 0.306 e. The van der Waals surface area contributed by atoms with E-state index in [1.165, 1.54) is 128 Å². The van der Waals surface area contributed by atoms with Gasteiger partial charge in [-0.05, 0) is 51.4 Å². The third kappa shape index (κ3) is 46.2. The summed E-state index contributed by atoms with van der Waals surface area (Å²) >= 11 is 0. The molecule has 0 aliphatic carbocycles. The molecule has 0 aromatic carbocycles. The van der Waals surface area contributed by atoms with Gasteiger partial charge in [0.1, 0.15) is 13.2 Å². The van der Waals surface area contributed by atoms with Crippen LogP contribution < -0.4 is 0 Å². The molecule has 1 atom stereocenters. The molecule has 0 fully saturated rings. The summed E-state index contributed by atoms with van der Waals surface area (Å²) in [6.07, 6.45) is 59.3. The van der Waals surface area contributed by atoms with E-state index in [1.54, 1.807) is 0 Å². The van der Waals surface area contributed by atoms with Crippen LogP contribution in [0.1, 0.15) is 245 Å². The fourth-order valence-corrected chi connectivity index (χ4v) is 7.02. The molecule has 60 heavy (non-hydrogen) atoms. The van der Waals surface area contributed by atoms with Crippen LogP contribution in [0.2, 0.25) is 0 Å². The number of hydrogen-bond acceptors (Lipinski definition) is 6. The average molecular weight is 839 g/mol. The molecule has 0 spiro atoms. The van der Waals surface area contributed by atoms with Gasteiger partial charge in [-0.2, -0.15) is 0 Å². The Morgan fingerprint density at radius 3 is 1.02 bits per heavy atom. The zero-order valence-electron chi connectivity index (χ0n) is 39.5. The van der Waals surface area contributed by atoms with Crippen molar-refractivity contribution in [2.75, 3.05) is 13.2 Å². The van der Waals surface area contributed by atoms with Crippen LogP contribution in [0.4, 0.5) is 0 Å². The van der Waals surface area contributed by atoms with Crippen LogP contribution in [0.15, 0.2) is 60.8 Å². The summed E-state index contributed by atoms with van der Waals surface area (Å²) < 4.78 is 16.7. The first-order chi connectivity index (χ1) is 29.5. The van der Waals surface area contributed by atoms with Crippen LogP contribution in [0.25, 0.3) is 0 Å². The van der Waals surface area contributed by atoms with Crippen molar-refractivity contribution < 1.29 is 28.6 Å². The number of carbonyl (C=O) groups excluding carboxylic acids is 3. The second kappa shape index (κ2) is 48.8. The van der Waals surface area contributed by atoms with E-state index >= 15 is 0 Å². The van der Waals surface area contributed by atoms with E-state index in [2.05, 4.69) is 75.5 Å². The van der Waals surface area contributed by atoms with Gasteiger partial charge < -0.3 is 14.2 Å². The highest BCUT2D eigenvalue weighted by Crippen LogP contribution is 2.15. The lowest BCUT2D eigenvalue weighted by molar-refractivity contribution is -0.166. The van der Waals surface area contributed by atoms with Crippen molar-refractivity contribution in [1.29, 1.82) is 0 Å². The van der Waals surface area contributed by atoms with Crippen molar-refractivity contribution in [3.8, 4) is 0 Å². The van der Waals surface area contributed by atoms with E-state index in [9.17, 15) is 14.4 Å². The number of hydrogen-bond donors (Lipinski definition) is 0. The SMILES string of the molecule is CC/C=C\C/C=C\C/C=C\C/C=C\C/C=C\CCC(=O)OCC(COC(=O)CCCCCCCCCCCCCCC)OC(=O)CCCCCCCCCCCCCCC. The maximum absolute atomic E-state index is 12.8. The van der Waals surface area contributed by atoms with E-state index in [4.69, 9.17) is 14.2 Å². The van der Waals surface area contributed by atoms with Crippen molar-refractivity contribution in [2.24, 2.45) is 0 Å². The third-order valence-corrected chi connectivity index (χ3v) is 10.8. The van der Waals surface area contributed by atoms with Gasteiger partial charge in [0.2, 0.25) is 0 Å². The van der Waals surface area contributed by atoms with Crippen molar-refractivity contribution in [3.63, 3.8) is 0 Å². The van der Waals surface area contributed by atoms with E-state index in [-0.39, 0.29) is 37.5 Å². The minimum Gasteiger partial charge on any atom is -0.462 e. The third-order valence-electron chi connectivity index (χ3n) is 10.8. The lowest BCUT2D eigenvalue weighted by Crippen LogP contribution is -2.30. The predicted molar refractivity (Wildman–Crippen MR) is 256 cm³/mol. The summed E-state index contributed by atoms with van der Waals surface area (Å²) in [5.41, 5.74) is 0. The second-order valence-corrected chi connectivity index (χ2v) is 16.7. The minimum absolute atomic E-state index is 0.0936. The first kappa shape index (κ1) is 57.1.